The van der Waals surface area contributed by atoms with Gasteiger partial charge in [-0.15, -0.1) is 0 Å². The Morgan fingerprint density at radius 1 is 1.31 bits per heavy atom. The number of hydrogen-bond donors (Lipinski definition) is 2. The lowest BCUT2D eigenvalue weighted by Gasteiger charge is -2.16. The van der Waals surface area contributed by atoms with Crippen LogP contribution in [0.2, 0.25) is 0 Å². The lowest BCUT2D eigenvalue weighted by atomic mass is 9.97. The summed E-state index contributed by atoms with van der Waals surface area (Å²) in [5, 5.41) is 11.1. The summed E-state index contributed by atoms with van der Waals surface area (Å²) >= 11 is 0. The molecule has 4 rings (SSSR count). The maximum atomic E-state index is 14.0. The number of rotatable bonds is 3. The number of hydrogen-bond acceptors (Lipinski definition) is 3. The number of para-hydroxylation sites is 1. The summed E-state index contributed by atoms with van der Waals surface area (Å²) in [6, 6.07) is 8.64. The summed E-state index contributed by atoms with van der Waals surface area (Å²) in [6.45, 7) is 2.57. The number of nitrogens with zero attached hydrogens (tertiary/aromatic N) is 2. The first kappa shape index (κ1) is 16.7. The normalized spacial score (nSPS) is 20.0. The second kappa shape index (κ2) is 6.53. The van der Waals surface area contributed by atoms with Gasteiger partial charge in [-0.1, -0.05) is 12.1 Å². The highest BCUT2D eigenvalue weighted by atomic mass is 19.1. The van der Waals surface area contributed by atoms with Gasteiger partial charge in [0.15, 0.2) is 0 Å². The maximum absolute atomic E-state index is 14.0. The Labute approximate surface area is 150 Å². The Morgan fingerprint density at radius 3 is 2.81 bits per heavy atom. The van der Waals surface area contributed by atoms with Crippen LogP contribution in [-0.4, -0.2) is 45.1 Å². The fourth-order valence-corrected chi connectivity index (χ4v) is 3.73. The molecule has 2 aromatic heterocycles. The van der Waals surface area contributed by atoms with Crippen molar-refractivity contribution in [3.63, 3.8) is 0 Å². The number of aryl methyl sites for hydroxylation is 1. The predicted octanol–water partition coefficient (Wildman–Crippen LogP) is 2.69. The van der Waals surface area contributed by atoms with Crippen molar-refractivity contribution in [3.05, 3.63) is 65.4 Å². The molecule has 3 heterocycles. The average Bonchev–Trinajstić information content (AvgIpc) is 3.17. The van der Waals surface area contributed by atoms with E-state index in [1.54, 1.807) is 29.4 Å². The van der Waals surface area contributed by atoms with Gasteiger partial charge in [-0.05, 0) is 42.7 Å². The standard InChI is InChI=1S/C20H20FN3O2/c1-12-15-3-2-4-16(21)19(15)23-18(12)20(26)24-10-14(17(25)11-24)9-13-5-7-22-8-6-13/h2-8,14,17,23,25H,9-11H2,1H3/t14-,17+/m1/s1. The monoisotopic (exact) mass is 353 g/mol. The van der Waals surface area contributed by atoms with Crippen molar-refractivity contribution < 1.29 is 14.3 Å². The van der Waals surface area contributed by atoms with Crippen LogP contribution in [0, 0.1) is 18.7 Å². The second-order valence-corrected chi connectivity index (χ2v) is 6.88. The molecule has 1 aliphatic rings. The van der Waals surface area contributed by atoms with Crippen molar-refractivity contribution in [2.24, 2.45) is 5.92 Å². The van der Waals surface area contributed by atoms with Gasteiger partial charge in [-0.25, -0.2) is 4.39 Å². The van der Waals surface area contributed by atoms with Crippen molar-refractivity contribution in [1.29, 1.82) is 0 Å². The van der Waals surface area contributed by atoms with Crippen LogP contribution in [0.15, 0.2) is 42.7 Å². The Kier molecular flexibility index (Phi) is 4.20. The van der Waals surface area contributed by atoms with Crippen LogP contribution in [0.25, 0.3) is 10.9 Å². The fourth-order valence-electron chi connectivity index (χ4n) is 3.73. The topological polar surface area (TPSA) is 69.2 Å². The predicted molar refractivity (Wildman–Crippen MR) is 96.3 cm³/mol. The van der Waals surface area contributed by atoms with E-state index in [9.17, 15) is 14.3 Å². The molecule has 2 N–H and O–H groups in total. The number of aliphatic hydroxyl groups excluding tert-OH is 1. The van der Waals surface area contributed by atoms with E-state index >= 15 is 0 Å². The number of benzene rings is 1. The number of likely N-dealkylation sites (tertiary alicyclic amines) is 1. The van der Waals surface area contributed by atoms with Crippen LogP contribution >= 0.6 is 0 Å². The third kappa shape index (κ3) is 2.86. The minimum Gasteiger partial charge on any atom is -0.391 e. The van der Waals surface area contributed by atoms with Gasteiger partial charge in [0.05, 0.1) is 11.6 Å². The van der Waals surface area contributed by atoms with Gasteiger partial charge in [-0.2, -0.15) is 0 Å². The summed E-state index contributed by atoms with van der Waals surface area (Å²) in [7, 11) is 0. The molecule has 0 unspecified atom stereocenters. The molecule has 134 valence electrons. The molecule has 6 heteroatoms. The van der Waals surface area contributed by atoms with Crippen LogP contribution in [-0.2, 0) is 6.42 Å². The van der Waals surface area contributed by atoms with Gasteiger partial charge in [-0.3, -0.25) is 9.78 Å². The van der Waals surface area contributed by atoms with E-state index in [2.05, 4.69) is 9.97 Å². The zero-order chi connectivity index (χ0) is 18.3. The maximum Gasteiger partial charge on any atom is 0.270 e. The zero-order valence-electron chi connectivity index (χ0n) is 14.4. The van der Waals surface area contributed by atoms with Crippen molar-refractivity contribution in [1.82, 2.24) is 14.9 Å². The van der Waals surface area contributed by atoms with E-state index in [0.29, 0.717) is 29.6 Å². The number of aromatic amines is 1. The summed E-state index contributed by atoms with van der Waals surface area (Å²) in [5.74, 6) is -0.598. The largest absolute Gasteiger partial charge is 0.391 e. The summed E-state index contributed by atoms with van der Waals surface area (Å²) in [6.07, 6.45) is 3.56. The number of aliphatic hydroxyl groups is 1. The SMILES string of the molecule is Cc1c(C(=O)N2C[C@@H](Cc3ccncc3)[C@@H](O)C2)[nH]c2c(F)cccc12. The Balaban J connectivity index is 1.56. The minimum absolute atomic E-state index is 0.0252. The van der Waals surface area contributed by atoms with Gasteiger partial charge >= 0.3 is 0 Å². The van der Waals surface area contributed by atoms with Crippen molar-refractivity contribution >= 4 is 16.8 Å². The number of carbonyl (C=O) groups excluding carboxylic acids is 1. The number of fused-ring (bicyclic) bond motifs is 1. The van der Waals surface area contributed by atoms with Crippen LogP contribution in [0.5, 0.6) is 0 Å². The summed E-state index contributed by atoms with van der Waals surface area (Å²) in [5.41, 5.74) is 2.56. The Hall–Kier alpha value is -2.73. The molecule has 0 spiro atoms. The lowest BCUT2D eigenvalue weighted by molar-refractivity contribution is 0.0759. The first-order valence-electron chi connectivity index (χ1n) is 8.67. The number of H-pyrrole nitrogens is 1. The zero-order valence-corrected chi connectivity index (χ0v) is 14.4. The molecule has 0 bridgehead atoms. The molecule has 2 atom stereocenters. The van der Waals surface area contributed by atoms with E-state index in [-0.39, 0.29) is 24.2 Å². The molecule has 1 aromatic carbocycles. The molecule has 26 heavy (non-hydrogen) atoms. The Morgan fingerprint density at radius 2 is 2.08 bits per heavy atom. The lowest BCUT2D eigenvalue weighted by Crippen LogP contribution is -2.30. The molecule has 1 aliphatic heterocycles. The molecule has 1 fully saturated rings. The molecule has 3 aromatic rings. The van der Waals surface area contributed by atoms with E-state index < -0.39 is 6.10 Å². The summed E-state index contributed by atoms with van der Waals surface area (Å²) in [4.78, 5) is 21.5. The van der Waals surface area contributed by atoms with Crippen LogP contribution in [0.1, 0.15) is 21.6 Å². The van der Waals surface area contributed by atoms with Gasteiger partial charge < -0.3 is 15.0 Å². The molecular weight excluding hydrogens is 333 g/mol. The molecule has 1 amide bonds. The van der Waals surface area contributed by atoms with Gasteiger partial charge in [0.1, 0.15) is 11.5 Å². The Bertz CT molecular complexity index is 954. The number of amides is 1. The van der Waals surface area contributed by atoms with Crippen molar-refractivity contribution in [3.8, 4) is 0 Å². The van der Waals surface area contributed by atoms with E-state index in [1.165, 1.54) is 6.07 Å². The number of pyridine rings is 1. The number of aromatic nitrogens is 2. The average molecular weight is 353 g/mol. The minimum atomic E-state index is -0.575. The molecule has 0 saturated carbocycles. The third-order valence-electron chi connectivity index (χ3n) is 5.20. The first-order valence-corrected chi connectivity index (χ1v) is 8.67. The number of nitrogens with one attached hydrogen (secondary N) is 1. The van der Waals surface area contributed by atoms with Gasteiger partial charge in [0, 0.05) is 36.8 Å². The van der Waals surface area contributed by atoms with E-state index in [1.807, 2.05) is 19.1 Å². The second-order valence-electron chi connectivity index (χ2n) is 6.88. The number of β-amino-alcohol motifs (C(OH)–C–C–N with tert-alkyl or cyclic N) is 1. The third-order valence-corrected chi connectivity index (χ3v) is 5.20. The van der Waals surface area contributed by atoms with Gasteiger partial charge in [0.2, 0.25) is 0 Å². The molecule has 0 radical (unpaired) electrons. The highest BCUT2D eigenvalue weighted by Gasteiger charge is 2.35. The highest BCUT2D eigenvalue weighted by Crippen LogP contribution is 2.27. The smallest absolute Gasteiger partial charge is 0.270 e. The number of halogens is 1. The fraction of sp³-hybridized carbons (Fsp3) is 0.300. The highest BCUT2D eigenvalue weighted by molar-refractivity contribution is 6.01. The van der Waals surface area contributed by atoms with Crippen molar-refractivity contribution in [2.45, 2.75) is 19.4 Å². The molecule has 0 aliphatic carbocycles. The van der Waals surface area contributed by atoms with Crippen molar-refractivity contribution in [2.75, 3.05) is 13.1 Å². The van der Waals surface area contributed by atoms with Crippen LogP contribution in [0.4, 0.5) is 4.39 Å². The van der Waals surface area contributed by atoms with E-state index in [0.717, 1.165) is 11.1 Å². The van der Waals surface area contributed by atoms with Gasteiger partial charge in [0.25, 0.3) is 5.91 Å². The van der Waals surface area contributed by atoms with E-state index in [4.69, 9.17) is 0 Å². The molecule has 5 nitrogen and oxygen atoms in total. The van der Waals surface area contributed by atoms with Crippen LogP contribution < -0.4 is 0 Å². The molecule has 1 saturated heterocycles. The van der Waals surface area contributed by atoms with Crippen LogP contribution in [0.3, 0.4) is 0 Å². The number of carbonyl (C=O) groups is 1. The molecular formula is C20H20FN3O2. The quantitative estimate of drug-likeness (QED) is 0.761. The first-order chi connectivity index (χ1) is 12.5. The summed E-state index contributed by atoms with van der Waals surface area (Å²) < 4.78 is 14.0.